The lowest BCUT2D eigenvalue weighted by atomic mass is 10.4. The molecule has 1 N–H and O–H groups in total. The molecular weight excluding hydrogens is 252 g/mol. The Morgan fingerprint density at radius 3 is 2.56 bits per heavy atom. The van der Waals surface area contributed by atoms with E-state index >= 15 is 0 Å². The molecule has 0 amide bonds. The molecule has 0 aliphatic rings. The van der Waals surface area contributed by atoms with Crippen LogP contribution in [0.5, 0.6) is 0 Å². The molecule has 0 spiro atoms. The number of nitrogens with one attached hydrogen (secondary N) is 1. The van der Waals surface area contributed by atoms with Crippen LogP contribution < -0.4 is 5.32 Å². The van der Waals surface area contributed by atoms with Crippen LogP contribution in [0.25, 0.3) is 0 Å². The van der Waals surface area contributed by atoms with Crippen LogP contribution in [0.2, 0.25) is 5.15 Å². The van der Waals surface area contributed by atoms with E-state index in [1.54, 1.807) is 6.26 Å². The number of nitrogens with zero attached hydrogens (tertiary/aromatic N) is 3. The first-order valence-electron chi connectivity index (χ1n) is 4.48. The SMILES string of the molecule is CSc1nc(Cl)c([N+](=O)[O-])c(NC(C)C)n1. The zero-order valence-electron chi connectivity index (χ0n) is 9.02. The number of nitro groups is 1. The van der Waals surface area contributed by atoms with Crippen LogP contribution in [-0.4, -0.2) is 27.2 Å². The van der Waals surface area contributed by atoms with Gasteiger partial charge in [0.25, 0.3) is 0 Å². The summed E-state index contributed by atoms with van der Waals surface area (Å²) in [7, 11) is 0. The van der Waals surface area contributed by atoms with E-state index in [1.807, 2.05) is 13.8 Å². The molecule has 0 saturated carbocycles. The molecule has 88 valence electrons. The molecule has 0 aliphatic heterocycles. The van der Waals surface area contributed by atoms with E-state index in [1.165, 1.54) is 11.8 Å². The van der Waals surface area contributed by atoms with Gasteiger partial charge in [0.05, 0.1) is 4.92 Å². The fourth-order valence-corrected chi connectivity index (χ4v) is 1.69. The smallest absolute Gasteiger partial charge is 0.348 e. The lowest BCUT2D eigenvalue weighted by Crippen LogP contribution is -2.14. The Morgan fingerprint density at radius 2 is 2.12 bits per heavy atom. The molecule has 0 unspecified atom stereocenters. The lowest BCUT2D eigenvalue weighted by Gasteiger charge is -2.10. The largest absolute Gasteiger partial charge is 0.362 e. The van der Waals surface area contributed by atoms with Gasteiger partial charge in [-0.05, 0) is 20.1 Å². The normalized spacial score (nSPS) is 10.6. The zero-order valence-corrected chi connectivity index (χ0v) is 10.6. The third-order valence-corrected chi connectivity index (χ3v) is 2.42. The average Bonchev–Trinajstić information content (AvgIpc) is 2.14. The summed E-state index contributed by atoms with van der Waals surface area (Å²) in [5, 5.41) is 14.0. The summed E-state index contributed by atoms with van der Waals surface area (Å²) in [5.41, 5.74) is -0.284. The fourth-order valence-electron chi connectivity index (χ4n) is 1.04. The molecule has 1 rings (SSSR count). The first-order valence-corrected chi connectivity index (χ1v) is 6.08. The summed E-state index contributed by atoms with van der Waals surface area (Å²) in [4.78, 5) is 18.1. The second-order valence-corrected chi connectivity index (χ2v) is 4.39. The first kappa shape index (κ1) is 13.0. The molecule has 1 aromatic rings. The number of halogens is 1. The summed E-state index contributed by atoms with van der Waals surface area (Å²) in [6, 6.07) is 0.0272. The summed E-state index contributed by atoms with van der Waals surface area (Å²) in [5.74, 6) is 0.157. The Balaban J connectivity index is 3.28. The maximum atomic E-state index is 10.8. The van der Waals surface area contributed by atoms with Crippen LogP contribution in [0.1, 0.15) is 13.8 Å². The van der Waals surface area contributed by atoms with Gasteiger partial charge in [0.1, 0.15) is 0 Å². The monoisotopic (exact) mass is 262 g/mol. The van der Waals surface area contributed by atoms with Crippen LogP contribution in [0.3, 0.4) is 0 Å². The van der Waals surface area contributed by atoms with E-state index in [0.29, 0.717) is 5.16 Å². The van der Waals surface area contributed by atoms with Gasteiger partial charge in [-0.3, -0.25) is 10.1 Å². The minimum Gasteiger partial charge on any atom is -0.362 e. The molecule has 1 aromatic heterocycles. The van der Waals surface area contributed by atoms with Gasteiger partial charge in [-0.1, -0.05) is 23.4 Å². The van der Waals surface area contributed by atoms with Crippen molar-refractivity contribution in [3.8, 4) is 0 Å². The molecule has 0 bridgehead atoms. The predicted octanol–water partition coefficient (Wildman–Crippen LogP) is 2.58. The van der Waals surface area contributed by atoms with Gasteiger partial charge >= 0.3 is 5.69 Å². The number of hydrogen-bond donors (Lipinski definition) is 1. The van der Waals surface area contributed by atoms with Gasteiger partial charge < -0.3 is 5.32 Å². The first-order chi connectivity index (χ1) is 7.45. The van der Waals surface area contributed by atoms with Gasteiger partial charge in [0.15, 0.2) is 5.16 Å². The third-order valence-electron chi connectivity index (χ3n) is 1.61. The topological polar surface area (TPSA) is 81.0 Å². The summed E-state index contributed by atoms with van der Waals surface area (Å²) < 4.78 is 0. The van der Waals surface area contributed by atoms with Crippen molar-refractivity contribution in [2.75, 3.05) is 11.6 Å². The van der Waals surface area contributed by atoms with Gasteiger partial charge in [-0.25, -0.2) is 4.98 Å². The molecule has 0 fully saturated rings. The van der Waals surface area contributed by atoms with Crippen LogP contribution in [0.15, 0.2) is 5.16 Å². The van der Waals surface area contributed by atoms with E-state index in [0.717, 1.165) is 0 Å². The highest BCUT2D eigenvalue weighted by Crippen LogP contribution is 2.31. The van der Waals surface area contributed by atoms with Gasteiger partial charge in [0, 0.05) is 6.04 Å². The number of anilines is 1. The fraction of sp³-hybridized carbons (Fsp3) is 0.500. The molecule has 0 atom stereocenters. The van der Waals surface area contributed by atoms with Gasteiger partial charge in [-0.2, -0.15) is 4.98 Å². The van der Waals surface area contributed by atoms with E-state index in [9.17, 15) is 10.1 Å². The molecule has 1 heterocycles. The molecule has 16 heavy (non-hydrogen) atoms. The predicted molar refractivity (Wildman–Crippen MR) is 64.2 cm³/mol. The van der Waals surface area contributed by atoms with E-state index < -0.39 is 4.92 Å². The van der Waals surface area contributed by atoms with Crippen molar-refractivity contribution in [1.29, 1.82) is 0 Å². The lowest BCUT2D eigenvalue weighted by molar-refractivity contribution is -0.384. The number of thioether (sulfide) groups is 1. The van der Waals surface area contributed by atoms with E-state index in [-0.39, 0.29) is 22.7 Å². The van der Waals surface area contributed by atoms with Gasteiger partial charge in [-0.15, -0.1) is 0 Å². The Bertz CT molecular complexity index is 413. The highest BCUT2D eigenvalue weighted by Gasteiger charge is 2.23. The van der Waals surface area contributed by atoms with Gasteiger partial charge in [0.2, 0.25) is 11.0 Å². The van der Waals surface area contributed by atoms with Crippen LogP contribution in [-0.2, 0) is 0 Å². The van der Waals surface area contributed by atoms with Crippen LogP contribution in [0.4, 0.5) is 11.5 Å². The van der Waals surface area contributed by atoms with E-state index in [4.69, 9.17) is 11.6 Å². The summed E-state index contributed by atoms with van der Waals surface area (Å²) in [6.45, 7) is 3.72. The van der Waals surface area contributed by atoms with Crippen molar-refractivity contribution in [1.82, 2.24) is 9.97 Å². The van der Waals surface area contributed by atoms with Crippen LogP contribution in [0, 0.1) is 10.1 Å². The Hall–Kier alpha value is -1.08. The maximum absolute atomic E-state index is 10.8. The highest BCUT2D eigenvalue weighted by atomic mass is 35.5. The maximum Gasteiger partial charge on any atom is 0.348 e. The minimum absolute atomic E-state index is 0.0272. The summed E-state index contributed by atoms with van der Waals surface area (Å²) >= 11 is 7.02. The number of rotatable bonds is 4. The molecule has 0 radical (unpaired) electrons. The Labute approximate surface area is 102 Å². The van der Waals surface area contributed by atoms with Crippen molar-refractivity contribution >= 4 is 34.9 Å². The Kier molecular flexibility index (Phi) is 4.31. The Morgan fingerprint density at radius 1 is 1.50 bits per heavy atom. The van der Waals surface area contributed by atoms with E-state index in [2.05, 4.69) is 15.3 Å². The van der Waals surface area contributed by atoms with Crippen molar-refractivity contribution < 1.29 is 4.92 Å². The quantitative estimate of drug-likeness (QED) is 0.295. The minimum atomic E-state index is -0.586. The second-order valence-electron chi connectivity index (χ2n) is 3.25. The van der Waals surface area contributed by atoms with Crippen molar-refractivity contribution in [2.24, 2.45) is 0 Å². The van der Waals surface area contributed by atoms with Crippen molar-refractivity contribution in [3.05, 3.63) is 15.3 Å². The van der Waals surface area contributed by atoms with Crippen LogP contribution >= 0.6 is 23.4 Å². The zero-order chi connectivity index (χ0) is 12.3. The van der Waals surface area contributed by atoms with Crippen molar-refractivity contribution in [2.45, 2.75) is 25.0 Å². The molecule has 8 heteroatoms. The summed E-state index contributed by atoms with van der Waals surface area (Å²) in [6.07, 6.45) is 1.77. The molecule has 0 aliphatic carbocycles. The molecule has 0 saturated heterocycles. The number of aromatic nitrogens is 2. The second kappa shape index (κ2) is 5.31. The van der Waals surface area contributed by atoms with Crippen molar-refractivity contribution in [3.63, 3.8) is 0 Å². The standard InChI is InChI=1S/C8H11ClN4O2S/c1-4(2)10-7-5(13(14)15)6(9)11-8(12-7)16-3/h4H,1-3H3,(H,10,11,12). The third kappa shape index (κ3) is 2.96. The molecular formula is C8H11ClN4O2S. The highest BCUT2D eigenvalue weighted by molar-refractivity contribution is 7.98. The molecule has 0 aromatic carbocycles. The number of hydrogen-bond acceptors (Lipinski definition) is 6. The average molecular weight is 263 g/mol. The molecule has 6 nitrogen and oxygen atoms in total.